The Morgan fingerprint density at radius 3 is 2.67 bits per heavy atom. The highest BCUT2D eigenvalue weighted by Crippen LogP contribution is 2.39. The summed E-state index contributed by atoms with van der Waals surface area (Å²) in [6.45, 7) is 2.44. The molecule has 168 valence electrons. The van der Waals surface area contributed by atoms with Gasteiger partial charge in [0.25, 0.3) is 5.91 Å². The smallest absolute Gasteiger partial charge is 0.337 e. The molecule has 8 heteroatoms. The van der Waals surface area contributed by atoms with Crippen LogP contribution in [0.25, 0.3) is 10.9 Å². The second-order valence-corrected chi connectivity index (χ2v) is 8.10. The molecule has 33 heavy (non-hydrogen) atoms. The summed E-state index contributed by atoms with van der Waals surface area (Å²) in [5.74, 6) is 0.296. The van der Waals surface area contributed by atoms with E-state index in [1.807, 2.05) is 48.4 Å². The summed E-state index contributed by atoms with van der Waals surface area (Å²) in [6, 6.07) is 12.8. The lowest BCUT2D eigenvalue weighted by Gasteiger charge is -2.26. The van der Waals surface area contributed by atoms with Crippen LogP contribution >= 0.6 is 0 Å². The fourth-order valence-corrected chi connectivity index (χ4v) is 4.57. The highest BCUT2D eigenvalue weighted by atomic mass is 16.5. The van der Waals surface area contributed by atoms with E-state index in [1.54, 1.807) is 19.2 Å². The minimum Gasteiger partial charge on any atom is -0.497 e. The fraction of sp³-hybridized carbons (Fsp3) is 0.240. The number of aromatic amines is 2. The van der Waals surface area contributed by atoms with E-state index < -0.39 is 5.97 Å². The molecular formula is C25H24N4O4. The molecule has 1 atom stereocenters. The Kier molecular flexibility index (Phi) is 5.12. The van der Waals surface area contributed by atoms with Crippen molar-refractivity contribution in [3.8, 4) is 5.75 Å². The highest BCUT2D eigenvalue weighted by Gasteiger charge is 2.41. The maximum Gasteiger partial charge on any atom is 0.337 e. The standard InChI is InChI=1S/C25H24N4O4/c1-14-21-22(28-27-14)24(30)29(23(21)15-4-6-16(7-5-15)25(31)33-3)11-10-17-13-26-20-9-8-18(32-2)12-19(17)20/h4-9,12-13,23,26H,10-11H2,1-3H3,(H,27,28)/t23-/m0/s1. The molecule has 2 aromatic carbocycles. The normalized spacial score (nSPS) is 15.2. The molecule has 0 radical (unpaired) electrons. The Hall–Kier alpha value is -4.07. The second-order valence-electron chi connectivity index (χ2n) is 8.10. The predicted molar refractivity (Wildman–Crippen MR) is 123 cm³/mol. The number of nitrogens with one attached hydrogen (secondary N) is 2. The van der Waals surface area contributed by atoms with Crippen molar-refractivity contribution in [2.45, 2.75) is 19.4 Å². The zero-order valence-corrected chi connectivity index (χ0v) is 18.6. The molecular weight excluding hydrogens is 420 g/mol. The molecule has 1 amide bonds. The first-order valence-corrected chi connectivity index (χ1v) is 10.7. The van der Waals surface area contributed by atoms with Gasteiger partial charge in [-0.3, -0.25) is 9.89 Å². The molecule has 8 nitrogen and oxygen atoms in total. The molecule has 3 heterocycles. The zero-order valence-electron chi connectivity index (χ0n) is 18.6. The van der Waals surface area contributed by atoms with Crippen molar-refractivity contribution >= 4 is 22.8 Å². The van der Waals surface area contributed by atoms with Gasteiger partial charge in [-0.1, -0.05) is 12.1 Å². The summed E-state index contributed by atoms with van der Waals surface area (Å²) < 4.78 is 10.2. The molecule has 2 N–H and O–H groups in total. The van der Waals surface area contributed by atoms with Crippen molar-refractivity contribution < 1.29 is 19.1 Å². The Morgan fingerprint density at radius 2 is 1.94 bits per heavy atom. The first kappa shape index (κ1) is 20.8. The van der Waals surface area contributed by atoms with Crippen LogP contribution in [0.4, 0.5) is 0 Å². The summed E-state index contributed by atoms with van der Waals surface area (Å²) in [4.78, 5) is 30.3. The van der Waals surface area contributed by atoms with Gasteiger partial charge < -0.3 is 19.4 Å². The number of carbonyl (C=O) groups excluding carboxylic acids is 2. The number of hydrogen-bond donors (Lipinski definition) is 2. The number of benzene rings is 2. The minimum absolute atomic E-state index is 0.103. The van der Waals surface area contributed by atoms with Gasteiger partial charge in [0.15, 0.2) is 5.69 Å². The zero-order chi connectivity index (χ0) is 23.1. The van der Waals surface area contributed by atoms with Gasteiger partial charge in [0.05, 0.1) is 25.8 Å². The Balaban J connectivity index is 1.47. The summed E-state index contributed by atoms with van der Waals surface area (Å²) in [6.07, 6.45) is 2.65. The summed E-state index contributed by atoms with van der Waals surface area (Å²) in [5, 5.41) is 8.29. The minimum atomic E-state index is -0.393. The van der Waals surface area contributed by atoms with E-state index in [0.717, 1.165) is 39.0 Å². The fourth-order valence-electron chi connectivity index (χ4n) is 4.57. The molecule has 0 fully saturated rings. The van der Waals surface area contributed by atoms with Crippen LogP contribution < -0.4 is 4.74 Å². The molecule has 4 aromatic rings. The number of fused-ring (bicyclic) bond motifs is 2. The lowest BCUT2D eigenvalue weighted by atomic mass is 9.98. The van der Waals surface area contributed by atoms with Crippen molar-refractivity contribution in [2.24, 2.45) is 0 Å². The first-order chi connectivity index (χ1) is 16.0. The number of hydrogen-bond acceptors (Lipinski definition) is 5. The lowest BCUT2D eigenvalue weighted by molar-refractivity contribution is 0.0600. The maximum atomic E-state index is 13.3. The van der Waals surface area contributed by atoms with Crippen LogP contribution in [0.2, 0.25) is 0 Å². The van der Waals surface area contributed by atoms with E-state index in [2.05, 4.69) is 15.2 Å². The van der Waals surface area contributed by atoms with E-state index in [9.17, 15) is 9.59 Å². The summed E-state index contributed by atoms with van der Waals surface area (Å²) in [7, 11) is 3.01. The Labute approximate surface area is 190 Å². The monoisotopic (exact) mass is 444 g/mol. The van der Waals surface area contributed by atoms with Gasteiger partial charge in [-0.25, -0.2) is 4.79 Å². The first-order valence-electron chi connectivity index (χ1n) is 10.7. The maximum absolute atomic E-state index is 13.3. The van der Waals surface area contributed by atoms with Crippen LogP contribution in [-0.4, -0.2) is 52.7 Å². The molecule has 0 bridgehead atoms. The Bertz CT molecular complexity index is 1350. The number of ether oxygens (including phenoxy) is 2. The van der Waals surface area contributed by atoms with Crippen molar-refractivity contribution in [3.05, 3.63) is 82.3 Å². The quantitative estimate of drug-likeness (QED) is 0.441. The molecule has 2 aromatic heterocycles. The van der Waals surface area contributed by atoms with E-state index in [-0.39, 0.29) is 11.9 Å². The summed E-state index contributed by atoms with van der Waals surface area (Å²) in [5.41, 5.74) is 5.71. The molecule has 0 saturated heterocycles. The third-order valence-corrected chi connectivity index (χ3v) is 6.29. The van der Waals surface area contributed by atoms with E-state index in [1.165, 1.54) is 7.11 Å². The third-order valence-electron chi connectivity index (χ3n) is 6.29. The second kappa shape index (κ2) is 8.12. The van der Waals surface area contributed by atoms with E-state index >= 15 is 0 Å². The highest BCUT2D eigenvalue weighted by molar-refractivity contribution is 5.98. The SMILES string of the molecule is COC(=O)c1ccc([C@H]2c3c(n[nH]c3C)C(=O)N2CCc2c[nH]c3ccc(OC)cc23)cc1. The van der Waals surface area contributed by atoms with Crippen molar-refractivity contribution in [1.29, 1.82) is 0 Å². The van der Waals surface area contributed by atoms with Gasteiger partial charge in [-0.2, -0.15) is 5.10 Å². The van der Waals surface area contributed by atoms with Crippen molar-refractivity contribution in [3.63, 3.8) is 0 Å². The van der Waals surface area contributed by atoms with Gasteiger partial charge in [0, 0.05) is 34.9 Å². The van der Waals surface area contributed by atoms with Gasteiger partial charge >= 0.3 is 5.97 Å². The van der Waals surface area contributed by atoms with E-state index in [4.69, 9.17) is 9.47 Å². The number of rotatable bonds is 6. The van der Waals surface area contributed by atoms with Crippen LogP contribution in [0.3, 0.4) is 0 Å². The average Bonchev–Trinajstić information content (AvgIpc) is 3.51. The summed E-state index contributed by atoms with van der Waals surface area (Å²) >= 11 is 0. The average molecular weight is 444 g/mol. The van der Waals surface area contributed by atoms with Gasteiger partial charge in [-0.05, 0) is 54.8 Å². The number of amides is 1. The number of aromatic nitrogens is 3. The molecule has 1 aliphatic rings. The van der Waals surface area contributed by atoms with Crippen LogP contribution in [0.5, 0.6) is 5.75 Å². The largest absolute Gasteiger partial charge is 0.497 e. The van der Waals surface area contributed by atoms with Crippen LogP contribution in [-0.2, 0) is 11.2 Å². The molecule has 0 aliphatic carbocycles. The van der Waals surface area contributed by atoms with Crippen molar-refractivity contribution in [1.82, 2.24) is 20.1 Å². The molecule has 0 saturated carbocycles. The third kappa shape index (κ3) is 3.44. The van der Waals surface area contributed by atoms with Crippen LogP contribution in [0.15, 0.2) is 48.7 Å². The molecule has 1 aliphatic heterocycles. The lowest BCUT2D eigenvalue weighted by Crippen LogP contribution is -2.31. The van der Waals surface area contributed by atoms with Gasteiger partial charge in [0.1, 0.15) is 5.75 Å². The van der Waals surface area contributed by atoms with Crippen LogP contribution in [0.1, 0.15) is 49.3 Å². The van der Waals surface area contributed by atoms with Crippen molar-refractivity contribution in [2.75, 3.05) is 20.8 Å². The predicted octanol–water partition coefficient (Wildman–Crippen LogP) is 3.78. The van der Waals surface area contributed by atoms with E-state index in [0.29, 0.717) is 24.2 Å². The van der Waals surface area contributed by atoms with Crippen LogP contribution in [0, 0.1) is 6.92 Å². The van der Waals surface area contributed by atoms with Gasteiger partial charge in [-0.15, -0.1) is 0 Å². The Morgan fingerprint density at radius 1 is 1.15 bits per heavy atom. The number of carbonyl (C=O) groups is 2. The number of methoxy groups -OCH3 is 2. The number of nitrogens with zero attached hydrogens (tertiary/aromatic N) is 2. The van der Waals surface area contributed by atoms with Gasteiger partial charge in [0.2, 0.25) is 0 Å². The molecule has 0 unspecified atom stereocenters. The number of H-pyrrole nitrogens is 2. The molecule has 5 rings (SSSR count). The number of esters is 1. The topological polar surface area (TPSA) is 100 Å². The molecule has 0 spiro atoms. The number of aryl methyl sites for hydroxylation is 1.